The first-order valence-electron chi connectivity index (χ1n) is 14.0. The lowest BCUT2D eigenvalue weighted by atomic mass is 9.98. The number of amides is 1. The second-order valence-electron chi connectivity index (χ2n) is 9.67. The Balaban J connectivity index is 1.67. The number of ether oxygens (including phenoxy) is 4. The number of carbonyl (C=O) groups excluding carboxylic acids is 3. The molecule has 232 valence electrons. The minimum absolute atomic E-state index is 0.0873. The number of hydrogen-bond donors (Lipinski definition) is 2. The number of pyridine rings is 1. The van der Waals surface area contributed by atoms with Crippen LogP contribution in [0.15, 0.2) is 54.6 Å². The summed E-state index contributed by atoms with van der Waals surface area (Å²) in [5.41, 5.74) is 10.3. The van der Waals surface area contributed by atoms with Crippen LogP contribution in [0.25, 0.3) is 32.6 Å². The molecule has 5 aromatic rings. The van der Waals surface area contributed by atoms with Gasteiger partial charge in [-0.25, -0.2) is 14.6 Å². The van der Waals surface area contributed by atoms with Gasteiger partial charge in [-0.3, -0.25) is 4.79 Å². The predicted molar refractivity (Wildman–Crippen MR) is 177 cm³/mol. The number of aromatic nitrogens is 1. The molecule has 0 aliphatic rings. The number of esters is 2. The molecule has 0 aliphatic heterocycles. The van der Waals surface area contributed by atoms with Crippen molar-refractivity contribution in [3.63, 3.8) is 0 Å². The first kappa shape index (κ1) is 31.5. The van der Waals surface area contributed by atoms with Gasteiger partial charge in [0.25, 0.3) is 5.91 Å². The molecular formula is C33H31N3O7S2. The maximum Gasteiger partial charge on any atom is 0.348 e. The van der Waals surface area contributed by atoms with Crippen molar-refractivity contribution in [3.8, 4) is 33.9 Å². The van der Waals surface area contributed by atoms with Crippen LogP contribution in [0.1, 0.15) is 49.1 Å². The molecule has 1 amide bonds. The van der Waals surface area contributed by atoms with Gasteiger partial charge in [0.1, 0.15) is 31.1 Å². The monoisotopic (exact) mass is 645 g/mol. The highest BCUT2D eigenvalue weighted by atomic mass is 32.1. The van der Waals surface area contributed by atoms with Crippen molar-refractivity contribution in [1.29, 1.82) is 0 Å². The molecule has 0 atom stereocenters. The van der Waals surface area contributed by atoms with E-state index in [0.717, 1.165) is 28.2 Å². The van der Waals surface area contributed by atoms with Gasteiger partial charge < -0.3 is 30.0 Å². The van der Waals surface area contributed by atoms with Crippen molar-refractivity contribution < 1.29 is 33.3 Å². The van der Waals surface area contributed by atoms with E-state index >= 15 is 0 Å². The van der Waals surface area contributed by atoms with Gasteiger partial charge in [0.2, 0.25) is 0 Å². The molecule has 0 spiro atoms. The Hall–Kier alpha value is -4.94. The molecule has 0 bridgehead atoms. The van der Waals surface area contributed by atoms with Gasteiger partial charge in [-0.15, -0.1) is 22.7 Å². The molecule has 0 radical (unpaired) electrons. The van der Waals surface area contributed by atoms with Crippen LogP contribution in [0.5, 0.6) is 11.5 Å². The predicted octanol–water partition coefficient (Wildman–Crippen LogP) is 7.21. The third kappa shape index (κ3) is 6.06. The molecule has 0 saturated carbocycles. The molecular weight excluding hydrogens is 615 g/mol. The Morgan fingerprint density at radius 3 is 2.24 bits per heavy atom. The smallest absolute Gasteiger partial charge is 0.348 e. The lowest BCUT2D eigenvalue weighted by molar-refractivity contribution is 0.0527. The summed E-state index contributed by atoms with van der Waals surface area (Å²) in [4.78, 5) is 45.2. The van der Waals surface area contributed by atoms with E-state index < -0.39 is 17.8 Å². The third-order valence-electron chi connectivity index (χ3n) is 6.99. The molecule has 10 nitrogen and oxygen atoms in total. The van der Waals surface area contributed by atoms with Crippen LogP contribution in [0, 0.1) is 6.92 Å². The fraction of sp³-hybridized carbons (Fsp3) is 0.212. The van der Waals surface area contributed by atoms with E-state index in [0.29, 0.717) is 44.1 Å². The highest BCUT2D eigenvalue weighted by molar-refractivity contribution is 7.22. The number of nitrogens with zero attached hydrogens (tertiary/aromatic N) is 1. The minimum Gasteiger partial charge on any atom is -0.497 e. The van der Waals surface area contributed by atoms with Crippen LogP contribution >= 0.6 is 22.7 Å². The zero-order valence-electron chi connectivity index (χ0n) is 25.3. The van der Waals surface area contributed by atoms with Crippen molar-refractivity contribution >= 4 is 61.4 Å². The van der Waals surface area contributed by atoms with Gasteiger partial charge >= 0.3 is 11.9 Å². The average Bonchev–Trinajstić information content (AvgIpc) is 3.56. The number of methoxy groups -OCH3 is 2. The van der Waals surface area contributed by atoms with E-state index in [2.05, 4.69) is 5.32 Å². The number of carbonyl (C=O) groups is 3. The molecule has 45 heavy (non-hydrogen) atoms. The zero-order chi connectivity index (χ0) is 32.2. The number of thiophene rings is 2. The Morgan fingerprint density at radius 2 is 1.58 bits per heavy atom. The van der Waals surface area contributed by atoms with Gasteiger partial charge in [0.05, 0.1) is 44.4 Å². The van der Waals surface area contributed by atoms with Gasteiger partial charge in [-0.2, -0.15) is 0 Å². The molecule has 5 rings (SSSR count). The summed E-state index contributed by atoms with van der Waals surface area (Å²) < 4.78 is 21.6. The zero-order valence-corrected chi connectivity index (χ0v) is 26.9. The second-order valence-corrected chi connectivity index (χ2v) is 11.7. The van der Waals surface area contributed by atoms with Gasteiger partial charge in [-0.05, 0) is 50.6 Å². The van der Waals surface area contributed by atoms with Crippen LogP contribution in [0.2, 0.25) is 0 Å². The quantitative estimate of drug-likeness (QED) is 0.151. The first-order chi connectivity index (χ1) is 21.7. The number of hydrogen-bond acceptors (Lipinski definition) is 11. The summed E-state index contributed by atoms with van der Waals surface area (Å²) in [6.07, 6.45) is 0. The lowest BCUT2D eigenvalue weighted by Crippen LogP contribution is -2.15. The lowest BCUT2D eigenvalue weighted by Gasteiger charge is -2.14. The van der Waals surface area contributed by atoms with E-state index in [1.165, 1.54) is 0 Å². The van der Waals surface area contributed by atoms with Crippen LogP contribution < -0.4 is 20.5 Å². The molecule has 12 heteroatoms. The normalized spacial score (nSPS) is 10.9. The maximum absolute atomic E-state index is 13.9. The Morgan fingerprint density at radius 1 is 0.867 bits per heavy atom. The maximum atomic E-state index is 13.9. The molecule has 3 aromatic heterocycles. The van der Waals surface area contributed by atoms with Crippen molar-refractivity contribution in [1.82, 2.24) is 4.98 Å². The van der Waals surface area contributed by atoms with Crippen LogP contribution in [-0.4, -0.2) is 50.3 Å². The Kier molecular flexibility index (Phi) is 9.35. The van der Waals surface area contributed by atoms with E-state index in [4.69, 9.17) is 29.7 Å². The average molecular weight is 646 g/mol. The van der Waals surface area contributed by atoms with Crippen LogP contribution in [-0.2, 0) is 9.47 Å². The molecule has 2 aromatic carbocycles. The van der Waals surface area contributed by atoms with Crippen molar-refractivity contribution in [2.24, 2.45) is 0 Å². The number of nitrogens with two attached hydrogens (primary N) is 1. The summed E-state index contributed by atoms with van der Waals surface area (Å²) >= 11 is 2.06. The fourth-order valence-corrected chi connectivity index (χ4v) is 6.98. The molecule has 3 heterocycles. The standard InChI is InChI=1S/C33H31N3O7S2/c1-6-42-32(38)24-17(3)27(33(39)43-7-2)44-30(24)36-29(37)28-26(34)25-21(20-15-19(40-4)13-14-23(20)41-5)16-22(35-31(25)45-28)18-11-9-8-10-12-18/h8-16H,6-7,34H2,1-5H3,(H,36,37). The molecule has 0 aliphatic carbocycles. The van der Waals surface area contributed by atoms with Gasteiger partial charge in [-0.1, -0.05) is 30.3 Å². The number of nitrogens with one attached hydrogen (secondary N) is 1. The number of rotatable bonds is 10. The Labute approximate surface area is 267 Å². The molecule has 3 N–H and O–H groups in total. The summed E-state index contributed by atoms with van der Waals surface area (Å²) in [5.74, 6) is -0.633. The summed E-state index contributed by atoms with van der Waals surface area (Å²) in [7, 11) is 3.15. The summed E-state index contributed by atoms with van der Waals surface area (Å²) in [5, 5.41) is 3.52. The molecule has 0 unspecified atom stereocenters. The number of anilines is 2. The number of nitrogen functional groups attached to an aromatic ring is 1. The summed E-state index contributed by atoms with van der Waals surface area (Å²) in [6.45, 7) is 5.25. The number of benzene rings is 2. The summed E-state index contributed by atoms with van der Waals surface area (Å²) in [6, 6.07) is 17.0. The first-order valence-corrected chi connectivity index (χ1v) is 15.6. The van der Waals surface area contributed by atoms with Crippen molar-refractivity contribution in [3.05, 3.63) is 75.5 Å². The molecule has 0 fully saturated rings. The van der Waals surface area contributed by atoms with Gasteiger partial charge in [0, 0.05) is 22.1 Å². The SMILES string of the molecule is CCOC(=O)c1sc(NC(=O)c2sc3nc(-c4ccccc4)cc(-c4cc(OC)ccc4OC)c3c2N)c(C(=O)OCC)c1C. The molecule has 0 saturated heterocycles. The van der Waals surface area contributed by atoms with Crippen LogP contribution in [0.3, 0.4) is 0 Å². The second kappa shape index (κ2) is 13.4. The van der Waals surface area contributed by atoms with E-state index in [1.54, 1.807) is 47.1 Å². The number of fused-ring (bicyclic) bond motifs is 1. The largest absolute Gasteiger partial charge is 0.497 e. The van der Waals surface area contributed by atoms with E-state index in [1.807, 2.05) is 42.5 Å². The van der Waals surface area contributed by atoms with Crippen molar-refractivity contribution in [2.75, 3.05) is 38.5 Å². The van der Waals surface area contributed by atoms with Crippen LogP contribution in [0.4, 0.5) is 10.7 Å². The highest BCUT2D eigenvalue weighted by Gasteiger charge is 2.29. The Bertz CT molecular complexity index is 1910. The minimum atomic E-state index is -0.664. The topological polar surface area (TPSA) is 139 Å². The highest BCUT2D eigenvalue weighted by Crippen LogP contribution is 2.45. The van der Waals surface area contributed by atoms with E-state index in [9.17, 15) is 14.4 Å². The van der Waals surface area contributed by atoms with E-state index in [-0.39, 0.29) is 39.2 Å². The van der Waals surface area contributed by atoms with Gasteiger partial charge in [0.15, 0.2) is 0 Å². The van der Waals surface area contributed by atoms with Crippen molar-refractivity contribution in [2.45, 2.75) is 20.8 Å². The fourth-order valence-electron chi connectivity index (χ4n) is 4.89. The third-order valence-corrected chi connectivity index (χ3v) is 9.27.